The second-order valence-electron chi connectivity index (χ2n) is 5.55. The Labute approximate surface area is 150 Å². The number of para-hydroxylation sites is 3. The maximum Gasteiger partial charge on any atom is 0.240 e. The number of hydrogen-bond acceptors (Lipinski definition) is 4. The standard InChI is InChI=1S/C19H18N4OS/c1-14(25-19-21-16-10-5-6-11-17(16)22-19)18(24)23(13-7-12-20)15-8-3-2-4-9-15/h2-6,8-11,14H,7,13H2,1H3,(H,21,22). The number of nitrogens with one attached hydrogen (secondary N) is 1. The lowest BCUT2D eigenvalue weighted by molar-refractivity contribution is -0.117. The molecule has 0 saturated carbocycles. The second kappa shape index (κ2) is 7.86. The highest BCUT2D eigenvalue weighted by Crippen LogP contribution is 2.26. The van der Waals surface area contributed by atoms with Crippen LogP contribution in [0.4, 0.5) is 5.69 Å². The number of amides is 1. The molecule has 1 N–H and O–H groups in total. The summed E-state index contributed by atoms with van der Waals surface area (Å²) in [5.41, 5.74) is 2.64. The second-order valence-corrected chi connectivity index (χ2v) is 6.88. The zero-order valence-electron chi connectivity index (χ0n) is 13.8. The van der Waals surface area contributed by atoms with Gasteiger partial charge in [-0.2, -0.15) is 5.26 Å². The first kappa shape index (κ1) is 17.1. The van der Waals surface area contributed by atoms with Gasteiger partial charge in [-0.05, 0) is 31.2 Å². The Hall–Kier alpha value is -2.78. The third kappa shape index (κ3) is 4.01. The lowest BCUT2D eigenvalue weighted by atomic mass is 10.2. The van der Waals surface area contributed by atoms with Crippen LogP contribution in [-0.4, -0.2) is 27.7 Å². The van der Waals surface area contributed by atoms with Gasteiger partial charge in [0.25, 0.3) is 0 Å². The Morgan fingerprint density at radius 1 is 1.24 bits per heavy atom. The zero-order chi connectivity index (χ0) is 17.6. The molecule has 1 unspecified atom stereocenters. The third-order valence-corrected chi connectivity index (χ3v) is 4.76. The average Bonchev–Trinajstić information content (AvgIpc) is 3.05. The minimum Gasteiger partial charge on any atom is -0.333 e. The Balaban J connectivity index is 1.77. The summed E-state index contributed by atoms with van der Waals surface area (Å²) in [5.74, 6) is -0.0353. The van der Waals surface area contributed by atoms with Crippen LogP contribution in [0.2, 0.25) is 0 Å². The van der Waals surface area contributed by atoms with Crippen LogP contribution in [0.25, 0.3) is 11.0 Å². The fourth-order valence-electron chi connectivity index (χ4n) is 2.56. The zero-order valence-corrected chi connectivity index (χ0v) is 14.7. The Morgan fingerprint density at radius 2 is 1.96 bits per heavy atom. The molecule has 2 aromatic carbocycles. The first-order chi connectivity index (χ1) is 12.2. The minimum absolute atomic E-state index is 0.0353. The van der Waals surface area contributed by atoms with Crippen molar-refractivity contribution in [3.63, 3.8) is 0 Å². The number of benzene rings is 2. The molecule has 25 heavy (non-hydrogen) atoms. The number of nitrogens with zero attached hydrogens (tertiary/aromatic N) is 3. The number of nitriles is 1. The molecular formula is C19H18N4OS. The number of rotatable bonds is 6. The van der Waals surface area contributed by atoms with Gasteiger partial charge in [-0.1, -0.05) is 42.1 Å². The van der Waals surface area contributed by atoms with E-state index in [1.165, 1.54) is 11.8 Å². The van der Waals surface area contributed by atoms with Crippen LogP contribution in [0.5, 0.6) is 0 Å². The van der Waals surface area contributed by atoms with Gasteiger partial charge in [-0.3, -0.25) is 4.79 Å². The van der Waals surface area contributed by atoms with Crippen molar-refractivity contribution in [2.24, 2.45) is 0 Å². The van der Waals surface area contributed by atoms with Crippen LogP contribution in [-0.2, 0) is 4.79 Å². The quantitative estimate of drug-likeness (QED) is 0.682. The number of carbonyl (C=O) groups excluding carboxylic acids is 1. The van der Waals surface area contributed by atoms with Crippen molar-refractivity contribution in [3.8, 4) is 6.07 Å². The maximum atomic E-state index is 12.9. The molecule has 126 valence electrons. The molecule has 5 nitrogen and oxygen atoms in total. The normalized spacial score (nSPS) is 11.8. The number of anilines is 1. The molecule has 0 aliphatic carbocycles. The number of H-pyrrole nitrogens is 1. The lowest BCUT2D eigenvalue weighted by Crippen LogP contribution is -2.37. The number of thioether (sulfide) groups is 1. The monoisotopic (exact) mass is 350 g/mol. The molecule has 3 rings (SSSR count). The number of carbonyl (C=O) groups is 1. The van der Waals surface area contributed by atoms with E-state index in [1.807, 2.05) is 61.5 Å². The van der Waals surface area contributed by atoms with E-state index >= 15 is 0 Å². The molecule has 0 spiro atoms. The molecule has 0 fully saturated rings. The molecule has 0 aliphatic rings. The summed E-state index contributed by atoms with van der Waals surface area (Å²) < 4.78 is 0. The van der Waals surface area contributed by atoms with E-state index < -0.39 is 0 Å². The van der Waals surface area contributed by atoms with Crippen molar-refractivity contribution < 1.29 is 4.79 Å². The third-order valence-electron chi connectivity index (χ3n) is 3.78. The summed E-state index contributed by atoms with van der Waals surface area (Å²) in [5, 5.41) is 9.29. The summed E-state index contributed by atoms with van der Waals surface area (Å²) >= 11 is 1.39. The van der Waals surface area contributed by atoms with Gasteiger partial charge in [0.05, 0.1) is 28.8 Å². The highest BCUT2D eigenvalue weighted by molar-refractivity contribution is 8.00. The number of aromatic amines is 1. The summed E-state index contributed by atoms with van der Waals surface area (Å²) in [6, 6.07) is 19.3. The molecule has 1 heterocycles. The molecule has 0 radical (unpaired) electrons. The fourth-order valence-corrected chi connectivity index (χ4v) is 3.44. The van der Waals surface area contributed by atoms with Crippen LogP contribution in [0.3, 0.4) is 0 Å². The summed E-state index contributed by atoms with van der Waals surface area (Å²) in [4.78, 5) is 22.3. The maximum absolute atomic E-state index is 12.9. The van der Waals surface area contributed by atoms with Crippen molar-refractivity contribution in [2.75, 3.05) is 11.4 Å². The van der Waals surface area contributed by atoms with Crippen molar-refractivity contribution in [3.05, 3.63) is 54.6 Å². The van der Waals surface area contributed by atoms with Crippen LogP contribution in [0.15, 0.2) is 59.8 Å². The smallest absolute Gasteiger partial charge is 0.240 e. The molecule has 1 amide bonds. The highest BCUT2D eigenvalue weighted by atomic mass is 32.2. The predicted octanol–water partition coefficient (Wildman–Crippen LogP) is 3.99. The van der Waals surface area contributed by atoms with Gasteiger partial charge in [0.2, 0.25) is 5.91 Å². The molecule has 0 saturated heterocycles. The van der Waals surface area contributed by atoms with E-state index in [9.17, 15) is 4.79 Å². The molecular weight excluding hydrogens is 332 g/mol. The highest BCUT2D eigenvalue weighted by Gasteiger charge is 2.23. The Bertz CT molecular complexity index is 867. The molecule has 0 bridgehead atoms. The minimum atomic E-state index is -0.320. The van der Waals surface area contributed by atoms with E-state index in [1.54, 1.807) is 4.90 Å². The van der Waals surface area contributed by atoms with Gasteiger partial charge in [0.15, 0.2) is 5.16 Å². The topological polar surface area (TPSA) is 72.8 Å². The van der Waals surface area contributed by atoms with E-state index in [-0.39, 0.29) is 11.2 Å². The Kier molecular flexibility index (Phi) is 5.36. The molecule has 0 aliphatic heterocycles. The number of imidazole rings is 1. The first-order valence-electron chi connectivity index (χ1n) is 8.04. The lowest BCUT2D eigenvalue weighted by Gasteiger charge is -2.24. The van der Waals surface area contributed by atoms with E-state index in [0.717, 1.165) is 21.9 Å². The average molecular weight is 350 g/mol. The van der Waals surface area contributed by atoms with Crippen LogP contribution < -0.4 is 4.90 Å². The van der Waals surface area contributed by atoms with Crippen molar-refractivity contribution >= 4 is 34.4 Å². The van der Waals surface area contributed by atoms with Gasteiger partial charge in [-0.25, -0.2) is 4.98 Å². The van der Waals surface area contributed by atoms with Gasteiger partial charge < -0.3 is 9.88 Å². The van der Waals surface area contributed by atoms with Crippen molar-refractivity contribution in [1.29, 1.82) is 5.26 Å². The van der Waals surface area contributed by atoms with Crippen LogP contribution >= 0.6 is 11.8 Å². The van der Waals surface area contributed by atoms with Crippen LogP contribution in [0, 0.1) is 11.3 Å². The molecule has 3 aromatic rings. The molecule has 1 aromatic heterocycles. The molecule has 6 heteroatoms. The van der Waals surface area contributed by atoms with E-state index in [0.29, 0.717) is 13.0 Å². The van der Waals surface area contributed by atoms with E-state index in [2.05, 4.69) is 16.0 Å². The SMILES string of the molecule is CC(Sc1nc2ccccc2[nH]1)C(=O)N(CCC#N)c1ccccc1. The van der Waals surface area contributed by atoms with Gasteiger partial charge >= 0.3 is 0 Å². The van der Waals surface area contributed by atoms with Crippen LogP contribution in [0.1, 0.15) is 13.3 Å². The van der Waals surface area contributed by atoms with Gasteiger partial charge in [0.1, 0.15) is 0 Å². The predicted molar refractivity (Wildman–Crippen MR) is 100 cm³/mol. The Morgan fingerprint density at radius 3 is 2.68 bits per heavy atom. The number of hydrogen-bond donors (Lipinski definition) is 1. The van der Waals surface area contributed by atoms with Crippen molar-refractivity contribution in [1.82, 2.24) is 9.97 Å². The summed E-state index contributed by atoms with van der Waals surface area (Å²) in [7, 11) is 0. The van der Waals surface area contributed by atoms with E-state index in [4.69, 9.17) is 5.26 Å². The number of fused-ring (bicyclic) bond motifs is 1. The first-order valence-corrected chi connectivity index (χ1v) is 8.92. The number of aromatic nitrogens is 2. The summed E-state index contributed by atoms with van der Waals surface area (Å²) in [6.45, 7) is 2.24. The molecule has 1 atom stereocenters. The van der Waals surface area contributed by atoms with Gasteiger partial charge in [-0.15, -0.1) is 0 Å². The summed E-state index contributed by atoms with van der Waals surface area (Å²) in [6.07, 6.45) is 0.294. The van der Waals surface area contributed by atoms with Gasteiger partial charge in [0, 0.05) is 12.2 Å². The fraction of sp³-hybridized carbons (Fsp3) is 0.211. The largest absolute Gasteiger partial charge is 0.333 e. The van der Waals surface area contributed by atoms with Crippen molar-refractivity contribution in [2.45, 2.75) is 23.8 Å².